The Hall–Kier alpha value is 0.640. The van der Waals surface area contributed by atoms with Crippen LogP contribution in [0.5, 0.6) is 0 Å². The van der Waals surface area contributed by atoms with Gasteiger partial charge in [-0.25, -0.2) is 0 Å². The molecule has 0 spiro atoms. The third-order valence-electron chi connectivity index (χ3n) is 5.38. The van der Waals surface area contributed by atoms with Gasteiger partial charge in [0.25, 0.3) is 0 Å². The van der Waals surface area contributed by atoms with Gasteiger partial charge in [0.2, 0.25) is 0 Å². The van der Waals surface area contributed by atoms with Crippen LogP contribution < -0.4 is 24.8 Å². The van der Waals surface area contributed by atoms with E-state index in [9.17, 15) is 0 Å². The molecule has 0 aromatic rings. The summed E-state index contributed by atoms with van der Waals surface area (Å²) in [6.45, 7) is 24.2. The van der Waals surface area contributed by atoms with Crippen LogP contribution in [0.15, 0.2) is 41.5 Å². The number of halogens is 2. The fraction of sp³-hybridized carbons (Fsp3) is 0.636. The molecule has 0 saturated heterocycles. The molecule has 0 radical (unpaired) electrons. The van der Waals surface area contributed by atoms with Crippen molar-refractivity contribution in [2.45, 2.75) is 74.9 Å². The van der Waals surface area contributed by atoms with Gasteiger partial charge in [0.15, 0.2) is 0 Å². The Morgan fingerprint density at radius 3 is 1.85 bits per heavy atom. The fourth-order valence-corrected chi connectivity index (χ4v) is 22.1. The zero-order valence-electron chi connectivity index (χ0n) is 18.3. The van der Waals surface area contributed by atoms with Gasteiger partial charge in [-0.15, -0.1) is 0 Å². The van der Waals surface area contributed by atoms with Crippen molar-refractivity contribution in [2.24, 2.45) is 16.7 Å². The van der Waals surface area contributed by atoms with Crippen molar-refractivity contribution < 1.29 is 45.2 Å². The Kier molecular flexibility index (Phi) is 9.66. The molecule has 0 aromatic carbocycles. The average Bonchev–Trinajstić information content (AvgIpc) is 2.94. The molecule has 0 amide bonds. The smallest absolute Gasteiger partial charge is 1.00 e. The van der Waals surface area contributed by atoms with Crippen molar-refractivity contribution in [3.8, 4) is 0 Å². The largest absolute Gasteiger partial charge is 1.00 e. The second-order valence-corrected chi connectivity index (χ2v) is 27.0. The van der Waals surface area contributed by atoms with E-state index in [4.69, 9.17) is 0 Å². The molecule has 4 heteroatoms. The minimum absolute atomic E-state index is 0. The summed E-state index contributed by atoms with van der Waals surface area (Å²) in [5.74, 6) is 0.674. The van der Waals surface area contributed by atoms with Gasteiger partial charge in [0, 0.05) is 0 Å². The summed E-state index contributed by atoms with van der Waals surface area (Å²) in [5.41, 5.74) is 5.22. The quantitative estimate of drug-likeness (QED) is 0.507. The van der Waals surface area contributed by atoms with Gasteiger partial charge in [0.05, 0.1) is 0 Å². The molecule has 26 heavy (non-hydrogen) atoms. The van der Waals surface area contributed by atoms with Crippen molar-refractivity contribution in [3.63, 3.8) is 0 Å². The first-order valence-electron chi connectivity index (χ1n) is 9.35. The summed E-state index contributed by atoms with van der Waals surface area (Å²) in [6.07, 6.45) is 8.99. The molecular weight excluding hydrogens is 454 g/mol. The molecule has 0 fully saturated rings. The molecule has 0 heterocycles. The molecule has 0 N–H and O–H groups in total. The fourth-order valence-electron chi connectivity index (χ4n) is 3.73. The second kappa shape index (κ2) is 9.43. The summed E-state index contributed by atoms with van der Waals surface area (Å²) in [4.78, 5) is 0. The SMILES string of the molecule is CC1=[C]([Zr+2]([C]2=CC(C(C)(C)C)=CC2C)=[Si](C)C)CC(C(C)(C)C)=C1.[Cl-].[Cl-]. The Labute approximate surface area is 182 Å². The van der Waals surface area contributed by atoms with Crippen LogP contribution in [0.1, 0.15) is 61.8 Å². The molecule has 0 nitrogen and oxygen atoms in total. The van der Waals surface area contributed by atoms with Crippen LogP contribution in [0, 0.1) is 16.7 Å². The molecular formula is C22H36Cl2SiZr. The predicted octanol–water partition coefficient (Wildman–Crippen LogP) is 1.02. The van der Waals surface area contributed by atoms with Gasteiger partial charge in [0.1, 0.15) is 0 Å². The van der Waals surface area contributed by atoms with Crippen LogP contribution in [0.3, 0.4) is 0 Å². The molecule has 0 aromatic heterocycles. The van der Waals surface area contributed by atoms with Gasteiger partial charge in [-0.2, -0.15) is 0 Å². The number of hydrogen-bond acceptors (Lipinski definition) is 0. The van der Waals surface area contributed by atoms with Crippen LogP contribution in [0.25, 0.3) is 0 Å². The molecule has 2 aliphatic rings. The van der Waals surface area contributed by atoms with Gasteiger partial charge < -0.3 is 24.8 Å². The van der Waals surface area contributed by atoms with E-state index in [1.807, 2.05) is 6.56 Å². The summed E-state index contributed by atoms with van der Waals surface area (Å²) < 4.78 is 3.78. The topological polar surface area (TPSA) is 0 Å². The average molecular weight is 491 g/mol. The van der Waals surface area contributed by atoms with Crippen LogP contribution in [0.4, 0.5) is 0 Å². The van der Waals surface area contributed by atoms with Crippen LogP contribution in [0.2, 0.25) is 13.1 Å². The standard InChI is InChI=1S/2C10H15.C2H6Si.2ClH.Zr/c2*1-8-5-6-9(7-8)10(2,3)4;1-3-2;;;/h7H,6H2,1-4H3;6-8H,1-4H3;1-2H3;2*1H;/q;;;;;+2/p-2. The first-order valence-corrected chi connectivity index (χ1v) is 18.0. The van der Waals surface area contributed by atoms with Gasteiger partial charge in [-0.1, -0.05) is 0 Å². The van der Waals surface area contributed by atoms with Crippen molar-refractivity contribution >= 4 is 5.43 Å². The summed E-state index contributed by atoms with van der Waals surface area (Å²) >= 11 is -1.71. The van der Waals surface area contributed by atoms with Gasteiger partial charge in [-0.05, 0) is 0 Å². The van der Waals surface area contributed by atoms with Gasteiger partial charge >= 0.3 is 159 Å². The first-order chi connectivity index (χ1) is 10.8. The van der Waals surface area contributed by atoms with Crippen LogP contribution in [-0.4, -0.2) is 5.43 Å². The monoisotopic (exact) mass is 488 g/mol. The van der Waals surface area contributed by atoms with E-state index in [0.717, 1.165) is 0 Å². The second-order valence-electron chi connectivity index (χ2n) is 9.89. The normalized spacial score (nSPS) is 19.7. The number of hydrogen-bond donors (Lipinski definition) is 0. The molecule has 1 unspecified atom stereocenters. The zero-order chi connectivity index (χ0) is 18.4. The maximum atomic E-state index is 2.63. The zero-order valence-corrected chi connectivity index (χ0v) is 23.2. The molecule has 1 atom stereocenters. The van der Waals surface area contributed by atoms with Crippen molar-refractivity contribution in [1.29, 1.82) is 0 Å². The summed E-state index contributed by atoms with van der Waals surface area (Å²) in [6, 6.07) is 0. The van der Waals surface area contributed by atoms with Gasteiger partial charge in [-0.3, -0.25) is 0 Å². The number of rotatable bonds is 2. The molecule has 146 valence electrons. The third kappa shape index (κ3) is 5.82. The third-order valence-corrected chi connectivity index (χ3v) is 23.0. The molecule has 0 aliphatic heterocycles. The van der Waals surface area contributed by atoms with E-state index in [1.165, 1.54) is 6.42 Å². The number of allylic oxidation sites excluding steroid dienone is 8. The van der Waals surface area contributed by atoms with E-state index in [1.54, 1.807) is 16.7 Å². The maximum absolute atomic E-state index is 2.63. The Morgan fingerprint density at radius 1 is 0.962 bits per heavy atom. The summed E-state index contributed by atoms with van der Waals surface area (Å²) in [5, 5.41) is 0. The first kappa shape index (κ1) is 26.6. The molecule has 0 bridgehead atoms. The Morgan fingerprint density at radius 2 is 1.50 bits per heavy atom. The van der Waals surface area contributed by atoms with E-state index in [2.05, 4.69) is 86.7 Å². The predicted molar refractivity (Wildman–Crippen MR) is 107 cm³/mol. The van der Waals surface area contributed by atoms with E-state index in [0.29, 0.717) is 11.3 Å². The Balaban J connectivity index is 0.00000312. The van der Waals surface area contributed by atoms with Crippen molar-refractivity contribution in [2.75, 3.05) is 0 Å². The molecule has 2 aliphatic carbocycles. The summed E-state index contributed by atoms with van der Waals surface area (Å²) in [7, 11) is 0. The van der Waals surface area contributed by atoms with E-state index >= 15 is 0 Å². The van der Waals surface area contributed by atoms with E-state index < -0.39 is 20.4 Å². The van der Waals surface area contributed by atoms with E-state index in [-0.39, 0.29) is 35.7 Å². The minimum atomic E-state index is -1.71. The van der Waals surface area contributed by atoms with Crippen LogP contribution in [-0.2, 0) is 20.4 Å². The van der Waals surface area contributed by atoms with Crippen molar-refractivity contribution in [3.05, 3.63) is 41.5 Å². The van der Waals surface area contributed by atoms with Crippen LogP contribution >= 0.6 is 0 Å². The Bertz CT molecular complexity index is 703. The minimum Gasteiger partial charge on any atom is -1.00 e. The maximum Gasteiger partial charge on any atom is -1.00 e. The molecule has 0 saturated carbocycles. The molecule has 2 rings (SSSR count). The van der Waals surface area contributed by atoms with Crippen molar-refractivity contribution in [1.82, 2.24) is 0 Å².